The maximum absolute atomic E-state index is 14.5. The van der Waals surface area contributed by atoms with E-state index < -0.39 is 94.6 Å². The first kappa shape index (κ1) is 37.1. The average Bonchev–Trinajstić information content (AvgIpc) is 3.05. The van der Waals surface area contributed by atoms with Gasteiger partial charge in [-0.1, -0.05) is 39.3 Å². The number of hydrogen-bond donors (Lipinski definition) is 7. The van der Waals surface area contributed by atoms with Gasteiger partial charge in [-0.25, -0.2) is 0 Å². The molecule has 1 saturated heterocycles. The van der Waals surface area contributed by atoms with E-state index in [9.17, 15) is 45.3 Å². The van der Waals surface area contributed by atoms with Gasteiger partial charge < -0.3 is 50.0 Å². The molecule has 4 saturated carbocycles. The fraction of sp³-hybridized carbons (Fsp3) is 0.892. The van der Waals surface area contributed by atoms with Crippen LogP contribution in [0.1, 0.15) is 92.9 Å². The van der Waals surface area contributed by atoms with Crippen molar-refractivity contribution in [2.24, 2.45) is 50.7 Å². The SMILES string of the molecule is COC(=O)C1(C)C(O)C(O)CC2(C)C1CCC1(C)C2CC=C2C3C(C(=O)OC4OC(CO)C(O)C(O)C4O)(CCC(C)C3(C)O)CCC21C. The Morgan fingerprint density at radius 1 is 0.898 bits per heavy atom. The molecule has 1 heterocycles. The van der Waals surface area contributed by atoms with Gasteiger partial charge in [0.05, 0.1) is 42.4 Å². The van der Waals surface area contributed by atoms with Gasteiger partial charge in [-0.15, -0.1) is 0 Å². The Bertz CT molecular complexity index is 1360. The number of rotatable bonds is 4. The number of esters is 2. The number of fused-ring (bicyclic) bond motifs is 7. The number of aliphatic hydroxyl groups excluding tert-OH is 6. The van der Waals surface area contributed by atoms with E-state index in [1.54, 1.807) is 13.8 Å². The minimum absolute atomic E-state index is 0.0122. The zero-order chi connectivity index (χ0) is 36.3. The quantitative estimate of drug-likeness (QED) is 0.166. The highest BCUT2D eigenvalue weighted by Crippen LogP contribution is 2.76. The van der Waals surface area contributed by atoms with Crippen molar-refractivity contribution in [2.75, 3.05) is 13.7 Å². The number of hydrogen-bond acceptors (Lipinski definition) is 12. The van der Waals surface area contributed by atoms with Gasteiger partial charge in [0.25, 0.3) is 0 Å². The molecule has 0 aromatic rings. The van der Waals surface area contributed by atoms with Gasteiger partial charge in [0.1, 0.15) is 24.4 Å². The molecular weight excluding hydrogens is 636 g/mol. The van der Waals surface area contributed by atoms with Crippen LogP contribution in [0.5, 0.6) is 0 Å². The summed E-state index contributed by atoms with van der Waals surface area (Å²) in [4.78, 5) is 27.8. The monoisotopic (exact) mass is 694 g/mol. The van der Waals surface area contributed by atoms with E-state index in [2.05, 4.69) is 26.8 Å². The molecule has 6 aliphatic rings. The van der Waals surface area contributed by atoms with Crippen LogP contribution in [0.25, 0.3) is 0 Å². The average molecular weight is 695 g/mol. The van der Waals surface area contributed by atoms with E-state index >= 15 is 0 Å². The van der Waals surface area contributed by atoms with E-state index in [4.69, 9.17) is 14.2 Å². The third-order valence-corrected chi connectivity index (χ3v) is 15.8. The first-order chi connectivity index (χ1) is 22.7. The zero-order valence-corrected chi connectivity index (χ0v) is 30.0. The summed E-state index contributed by atoms with van der Waals surface area (Å²) in [7, 11) is 1.32. The Morgan fingerprint density at radius 2 is 1.57 bits per heavy atom. The molecule has 0 aromatic carbocycles. The summed E-state index contributed by atoms with van der Waals surface area (Å²) >= 11 is 0. The topological polar surface area (TPSA) is 203 Å². The van der Waals surface area contributed by atoms with Crippen molar-refractivity contribution < 1.29 is 59.5 Å². The van der Waals surface area contributed by atoms with Crippen molar-refractivity contribution in [3.63, 3.8) is 0 Å². The maximum Gasteiger partial charge on any atom is 0.315 e. The van der Waals surface area contributed by atoms with E-state index in [-0.39, 0.29) is 23.2 Å². The maximum atomic E-state index is 14.5. The summed E-state index contributed by atoms with van der Waals surface area (Å²) in [6, 6.07) is 0. The van der Waals surface area contributed by atoms with Crippen LogP contribution in [-0.4, -0.2) is 110 Å². The first-order valence-corrected chi connectivity index (χ1v) is 18.1. The van der Waals surface area contributed by atoms with Crippen molar-refractivity contribution in [1.82, 2.24) is 0 Å². The summed E-state index contributed by atoms with van der Waals surface area (Å²) < 4.78 is 16.7. The smallest absolute Gasteiger partial charge is 0.315 e. The molecule has 0 spiro atoms. The number of carbonyl (C=O) groups excluding carboxylic acids is 2. The van der Waals surface area contributed by atoms with Crippen LogP contribution in [0.3, 0.4) is 0 Å². The van der Waals surface area contributed by atoms with Gasteiger partial charge in [0.2, 0.25) is 6.29 Å². The predicted octanol–water partition coefficient (Wildman–Crippen LogP) is 1.59. The standard InChI is InChI=1S/C37H58O12/c1-18-10-13-37(31(45)49-29-26(42)25(41)24(40)21(17-38)48-29)15-14-33(3)19(27(37)36(18,6)46)8-9-22-32(2)16-20(39)28(43)35(5,30(44)47-7)23(32)11-12-34(22,33)4/h8,18,20-29,38-43,46H,9-17H2,1-7H3. The van der Waals surface area contributed by atoms with Crippen LogP contribution < -0.4 is 0 Å². The molecule has 7 N–H and O–H groups in total. The number of methoxy groups -OCH3 is 1. The molecule has 12 heteroatoms. The van der Waals surface area contributed by atoms with E-state index in [1.807, 2.05) is 6.92 Å². The van der Waals surface area contributed by atoms with Crippen molar-refractivity contribution in [1.29, 1.82) is 0 Å². The van der Waals surface area contributed by atoms with Gasteiger partial charge in [0.15, 0.2) is 0 Å². The lowest BCUT2D eigenvalue weighted by molar-refractivity contribution is -0.299. The van der Waals surface area contributed by atoms with Crippen LogP contribution in [-0.2, 0) is 23.8 Å². The normalized spacial score (nSPS) is 55.5. The van der Waals surface area contributed by atoms with Gasteiger partial charge >= 0.3 is 11.9 Å². The second-order valence-corrected chi connectivity index (χ2v) is 17.6. The summed E-state index contributed by atoms with van der Waals surface area (Å²) in [5.74, 6) is -2.19. The molecule has 12 nitrogen and oxygen atoms in total. The second-order valence-electron chi connectivity index (χ2n) is 17.6. The Labute approximate surface area is 288 Å². The van der Waals surface area contributed by atoms with Crippen LogP contribution in [0, 0.1) is 50.7 Å². The Hall–Kier alpha value is -1.64. The van der Waals surface area contributed by atoms with Crippen LogP contribution in [0.4, 0.5) is 0 Å². The molecule has 5 fully saturated rings. The second kappa shape index (κ2) is 11.9. The minimum atomic E-state index is -1.74. The highest BCUT2D eigenvalue weighted by molar-refractivity contribution is 5.80. The zero-order valence-electron chi connectivity index (χ0n) is 30.0. The molecule has 278 valence electrons. The minimum Gasteiger partial charge on any atom is -0.469 e. The fourth-order valence-corrected chi connectivity index (χ4v) is 12.5. The van der Waals surface area contributed by atoms with Gasteiger partial charge in [-0.05, 0) is 99.2 Å². The molecule has 0 aromatic heterocycles. The van der Waals surface area contributed by atoms with Crippen LogP contribution in [0.2, 0.25) is 0 Å². The molecule has 6 rings (SSSR count). The largest absolute Gasteiger partial charge is 0.469 e. The molecule has 0 radical (unpaired) electrons. The summed E-state index contributed by atoms with van der Waals surface area (Å²) in [6.45, 7) is 11.5. The van der Waals surface area contributed by atoms with E-state index in [0.29, 0.717) is 44.9 Å². The number of allylic oxidation sites excluding steroid dienone is 1. The molecule has 17 unspecified atom stereocenters. The molecular formula is C37H58O12. The molecule has 0 amide bonds. The summed E-state index contributed by atoms with van der Waals surface area (Å²) in [6.07, 6.45) is -3.82. The first-order valence-electron chi connectivity index (χ1n) is 18.1. The van der Waals surface area contributed by atoms with Crippen LogP contribution in [0.15, 0.2) is 11.6 Å². The van der Waals surface area contributed by atoms with Crippen molar-refractivity contribution >= 4 is 11.9 Å². The molecule has 17 atom stereocenters. The van der Waals surface area contributed by atoms with E-state index in [0.717, 1.165) is 12.0 Å². The van der Waals surface area contributed by atoms with Gasteiger partial charge in [-0.2, -0.15) is 0 Å². The van der Waals surface area contributed by atoms with Gasteiger partial charge in [-0.3, -0.25) is 9.59 Å². The third kappa shape index (κ3) is 4.77. The van der Waals surface area contributed by atoms with Crippen LogP contribution >= 0.6 is 0 Å². The number of ether oxygens (including phenoxy) is 3. The summed E-state index contributed by atoms with van der Waals surface area (Å²) in [5.41, 5.74) is -4.13. The molecule has 5 aliphatic carbocycles. The summed E-state index contributed by atoms with van der Waals surface area (Å²) in [5, 5.41) is 76.0. The third-order valence-electron chi connectivity index (χ3n) is 15.8. The predicted molar refractivity (Wildman–Crippen MR) is 174 cm³/mol. The Kier molecular flexibility index (Phi) is 9.05. The lowest BCUT2D eigenvalue weighted by Crippen LogP contribution is -2.70. The van der Waals surface area contributed by atoms with E-state index in [1.165, 1.54) is 7.11 Å². The van der Waals surface area contributed by atoms with Crippen molar-refractivity contribution in [2.45, 2.75) is 141 Å². The van der Waals surface area contributed by atoms with Gasteiger partial charge in [0, 0.05) is 5.92 Å². The Balaban J connectivity index is 1.40. The Morgan fingerprint density at radius 3 is 2.20 bits per heavy atom. The number of aliphatic hydroxyl groups is 7. The molecule has 0 bridgehead atoms. The van der Waals surface area contributed by atoms with Crippen molar-refractivity contribution in [3.05, 3.63) is 11.6 Å². The lowest BCUT2D eigenvalue weighted by atomic mass is 9.33. The molecule has 49 heavy (non-hydrogen) atoms. The fourth-order valence-electron chi connectivity index (χ4n) is 12.5. The number of carbonyl (C=O) groups is 2. The highest BCUT2D eigenvalue weighted by atomic mass is 16.7. The lowest BCUT2D eigenvalue weighted by Gasteiger charge is -2.71. The highest BCUT2D eigenvalue weighted by Gasteiger charge is 2.73. The molecule has 1 aliphatic heterocycles. The van der Waals surface area contributed by atoms with Crippen molar-refractivity contribution in [3.8, 4) is 0 Å².